The highest BCUT2D eigenvalue weighted by Crippen LogP contribution is 2.27. The van der Waals surface area contributed by atoms with Crippen LogP contribution < -0.4 is 5.32 Å². The summed E-state index contributed by atoms with van der Waals surface area (Å²) in [6, 6.07) is 7.67. The lowest BCUT2D eigenvalue weighted by Crippen LogP contribution is -2.31. The van der Waals surface area contributed by atoms with Crippen LogP contribution in [0.4, 0.5) is 0 Å². The van der Waals surface area contributed by atoms with Gasteiger partial charge in [-0.05, 0) is 63.1 Å². The van der Waals surface area contributed by atoms with E-state index in [0.29, 0.717) is 0 Å². The molecule has 0 aromatic heterocycles. The van der Waals surface area contributed by atoms with Crippen molar-refractivity contribution in [3.05, 3.63) is 34.9 Å². The zero-order valence-corrected chi connectivity index (χ0v) is 13.5. The Bertz CT molecular complexity index is 410. The van der Waals surface area contributed by atoms with Crippen LogP contribution >= 0.6 is 0 Å². The third-order valence-corrected chi connectivity index (χ3v) is 4.73. The predicted octanol–water partition coefficient (Wildman–Crippen LogP) is 4.79. The van der Waals surface area contributed by atoms with Crippen LogP contribution in [0.25, 0.3) is 0 Å². The summed E-state index contributed by atoms with van der Waals surface area (Å²) in [5.41, 5.74) is 4.45. The van der Waals surface area contributed by atoms with Gasteiger partial charge in [-0.1, -0.05) is 49.9 Å². The summed E-state index contributed by atoms with van der Waals surface area (Å²) in [5.74, 6) is 0.868. The predicted molar refractivity (Wildman–Crippen MR) is 88.3 cm³/mol. The van der Waals surface area contributed by atoms with Gasteiger partial charge in [0.1, 0.15) is 0 Å². The molecule has 0 radical (unpaired) electrons. The quantitative estimate of drug-likeness (QED) is 0.760. The molecular formula is C19H31N. The molecule has 1 aromatic rings. The molecule has 2 atom stereocenters. The molecule has 112 valence electrons. The molecule has 20 heavy (non-hydrogen) atoms. The Balaban J connectivity index is 1.97. The number of rotatable bonds is 5. The standard InChI is InChI=1S/C19H31N/c1-4-11-20-19-8-6-5-7-17(14-19)13-18-12-15(2)9-10-16(18)3/h9-10,12,17,19-20H,4-8,11,13-14H2,1-3H3. The van der Waals surface area contributed by atoms with Crippen molar-refractivity contribution in [3.8, 4) is 0 Å². The molecule has 1 aromatic carbocycles. The van der Waals surface area contributed by atoms with Crippen LogP contribution in [0.5, 0.6) is 0 Å². The van der Waals surface area contributed by atoms with E-state index < -0.39 is 0 Å². The molecule has 1 heteroatoms. The lowest BCUT2D eigenvalue weighted by molar-refractivity contribution is 0.384. The van der Waals surface area contributed by atoms with Crippen LogP contribution in [0.1, 0.15) is 62.1 Å². The summed E-state index contributed by atoms with van der Waals surface area (Å²) in [5, 5.41) is 3.75. The van der Waals surface area contributed by atoms with Gasteiger partial charge in [0.15, 0.2) is 0 Å². The minimum absolute atomic E-state index is 0.757. The second-order valence-electron chi connectivity index (χ2n) is 6.67. The zero-order chi connectivity index (χ0) is 14.4. The van der Waals surface area contributed by atoms with Gasteiger partial charge in [0.2, 0.25) is 0 Å². The van der Waals surface area contributed by atoms with Gasteiger partial charge in [-0.15, -0.1) is 0 Å². The summed E-state index contributed by atoms with van der Waals surface area (Å²) >= 11 is 0. The smallest absolute Gasteiger partial charge is 0.00698 e. The summed E-state index contributed by atoms with van der Waals surface area (Å²) in [6.07, 6.45) is 9.51. The largest absolute Gasteiger partial charge is 0.314 e. The summed E-state index contributed by atoms with van der Waals surface area (Å²) < 4.78 is 0. The molecule has 1 fully saturated rings. The highest BCUT2D eigenvalue weighted by Gasteiger charge is 2.20. The molecule has 0 heterocycles. The minimum atomic E-state index is 0.757. The molecule has 2 unspecified atom stereocenters. The molecule has 0 aliphatic heterocycles. The first-order valence-electron chi connectivity index (χ1n) is 8.48. The van der Waals surface area contributed by atoms with Crippen molar-refractivity contribution in [2.75, 3.05) is 6.54 Å². The summed E-state index contributed by atoms with van der Waals surface area (Å²) in [6.45, 7) is 7.91. The highest BCUT2D eigenvalue weighted by atomic mass is 14.9. The van der Waals surface area contributed by atoms with Crippen molar-refractivity contribution < 1.29 is 0 Å². The average Bonchev–Trinajstić information content (AvgIpc) is 2.66. The van der Waals surface area contributed by atoms with Gasteiger partial charge in [0.25, 0.3) is 0 Å². The van der Waals surface area contributed by atoms with Crippen LogP contribution in [0.15, 0.2) is 18.2 Å². The van der Waals surface area contributed by atoms with Gasteiger partial charge in [-0.25, -0.2) is 0 Å². The molecule has 1 aliphatic carbocycles. The Labute approximate surface area is 125 Å². The van der Waals surface area contributed by atoms with Gasteiger partial charge >= 0.3 is 0 Å². The van der Waals surface area contributed by atoms with E-state index in [1.165, 1.54) is 62.6 Å². The number of hydrogen-bond acceptors (Lipinski definition) is 1. The highest BCUT2D eigenvalue weighted by molar-refractivity contribution is 5.30. The summed E-state index contributed by atoms with van der Waals surface area (Å²) in [7, 11) is 0. The van der Waals surface area contributed by atoms with E-state index in [2.05, 4.69) is 44.3 Å². The van der Waals surface area contributed by atoms with Crippen LogP contribution in [0.2, 0.25) is 0 Å². The van der Waals surface area contributed by atoms with Crippen LogP contribution in [-0.2, 0) is 6.42 Å². The Morgan fingerprint density at radius 2 is 1.95 bits per heavy atom. The first-order chi connectivity index (χ1) is 9.69. The Kier molecular flexibility index (Phi) is 6.09. The molecular weight excluding hydrogens is 242 g/mol. The molecule has 2 rings (SSSR count). The maximum atomic E-state index is 3.75. The number of hydrogen-bond donors (Lipinski definition) is 1. The van der Waals surface area contributed by atoms with Crippen molar-refractivity contribution in [1.29, 1.82) is 0 Å². The Morgan fingerprint density at radius 1 is 1.15 bits per heavy atom. The third-order valence-electron chi connectivity index (χ3n) is 4.73. The fourth-order valence-electron chi connectivity index (χ4n) is 3.51. The van der Waals surface area contributed by atoms with Crippen molar-refractivity contribution in [2.45, 2.75) is 71.8 Å². The van der Waals surface area contributed by atoms with Gasteiger partial charge in [-0.2, -0.15) is 0 Å². The van der Waals surface area contributed by atoms with Crippen molar-refractivity contribution in [3.63, 3.8) is 0 Å². The van der Waals surface area contributed by atoms with Crippen LogP contribution in [-0.4, -0.2) is 12.6 Å². The van der Waals surface area contributed by atoms with Crippen molar-refractivity contribution in [2.24, 2.45) is 5.92 Å². The lowest BCUT2D eigenvalue weighted by Gasteiger charge is -2.22. The molecule has 0 saturated heterocycles. The number of aryl methyl sites for hydroxylation is 2. The first-order valence-corrected chi connectivity index (χ1v) is 8.48. The Hall–Kier alpha value is -0.820. The van der Waals surface area contributed by atoms with Gasteiger partial charge in [0.05, 0.1) is 0 Å². The van der Waals surface area contributed by atoms with Gasteiger partial charge in [-0.3, -0.25) is 0 Å². The van der Waals surface area contributed by atoms with E-state index in [4.69, 9.17) is 0 Å². The van der Waals surface area contributed by atoms with Crippen molar-refractivity contribution >= 4 is 0 Å². The summed E-state index contributed by atoms with van der Waals surface area (Å²) in [4.78, 5) is 0. The van der Waals surface area contributed by atoms with Crippen LogP contribution in [0, 0.1) is 19.8 Å². The van der Waals surface area contributed by atoms with Crippen molar-refractivity contribution in [1.82, 2.24) is 5.32 Å². The van der Waals surface area contributed by atoms with E-state index in [-0.39, 0.29) is 0 Å². The normalized spacial score (nSPS) is 23.6. The SMILES string of the molecule is CCCNC1CCCCC(Cc2cc(C)ccc2C)C1. The van der Waals surface area contributed by atoms with E-state index in [1.54, 1.807) is 5.56 Å². The Morgan fingerprint density at radius 3 is 2.75 bits per heavy atom. The monoisotopic (exact) mass is 273 g/mol. The molecule has 1 saturated carbocycles. The maximum Gasteiger partial charge on any atom is 0.00698 e. The van der Waals surface area contributed by atoms with Crippen LogP contribution in [0.3, 0.4) is 0 Å². The molecule has 0 amide bonds. The first kappa shape index (κ1) is 15.6. The zero-order valence-electron chi connectivity index (χ0n) is 13.5. The van der Waals surface area contributed by atoms with E-state index in [9.17, 15) is 0 Å². The third kappa shape index (κ3) is 4.63. The average molecular weight is 273 g/mol. The molecule has 0 spiro atoms. The molecule has 1 nitrogen and oxygen atoms in total. The lowest BCUT2D eigenvalue weighted by atomic mass is 9.89. The van der Waals surface area contributed by atoms with E-state index in [0.717, 1.165) is 12.0 Å². The van der Waals surface area contributed by atoms with Gasteiger partial charge in [0, 0.05) is 6.04 Å². The topological polar surface area (TPSA) is 12.0 Å². The fraction of sp³-hybridized carbons (Fsp3) is 0.684. The fourth-order valence-corrected chi connectivity index (χ4v) is 3.51. The molecule has 1 N–H and O–H groups in total. The second-order valence-corrected chi connectivity index (χ2v) is 6.67. The second kappa shape index (κ2) is 7.83. The number of nitrogens with one attached hydrogen (secondary N) is 1. The number of benzene rings is 1. The molecule has 0 bridgehead atoms. The molecule has 1 aliphatic rings. The van der Waals surface area contributed by atoms with E-state index >= 15 is 0 Å². The van der Waals surface area contributed by atoms with E-state index in [1.807, 2.05) is 0 Å². The minimum Gasteiger partial charge on any atom is -0.314 e. The van der Waals surface area contributed by atoms with Gasteiger partial charge < -0.3 is 5.32 Å². The maximum absolute atomic E-state index is 3.75.